The van der Waals surface area contributed by atoms with Crippen LogP contribution in [-0.2, 0) is 4.74 Å². The third-order valence-corrected chi connectivity index (χ3v) is 3.54. The normalized spacial score (nSPS) is 30.0. The second kappa shape index (κ2) is 3.56. The van der Waals surface area contributed by atoms with Gasteiger partial charge in [-0.2, -0.15) is 0 Å². The molecule has 0 radical (unpaired) electrons. The van der Waals surface area contributed by atoms with Crippen molar-refractivity contribution >= 4 is 0 Å². The van der Waals surface area contributed by atoms with Crippen molar-refractivity contribution in [1.29, 1.82) is 0 Å². The first-order chi connectivity index (χ1) is 6.27. The van der Waals surface area contributed by atoms with Gasteiger partial charge in [-0.3, -0.25) is 0 Å². The molecular weight excluding hydrogens is 166 g/mol. The van der Waals surface area contributed by atoms with Crippen LogP contribution in [0.15, 0.2) is 0 Å². The zero-order valence-corrected chi connectivity index (χ0v) is 8.04. The van der Waals surface area contributed by atoms with Crippen molar-refractivity contribution in [2.75, 3.05) is 19.8 Å². The van der Waals surface area contributed by atoms with Gasteiger partial charge in [-0.25, -0.2) is 0 Å². The Hall–Kier alpha value is -0.120. The summed E-state index contributed by atoms with van der Waals surface area (Å²) in [5.41, 5.74) is 5.11. The van der Waals surface area contributed by atoms with Gasteiger partial charge in [0.1, 0.15) is 0 Å². The average Bonchev–Trinajstić information content (AvgIpc) is 3.02. The van der Waals surface area contributed by atoms with Crippen LogP contribution in [0.5, 0.6) is 0 Å². The van der Waals surface area contributed by atoms with Crippen LogP contribution in [0.4, 0.5) is 0 Å². The molecule has 3 N–H and O–H groups in total. The Morgan fingerprint density at radius 2 is 1.69 bits per heavy atom. The van der Waals surface area contributed by atoms with Crippen molar-refractivity contribution in [2.45, 2.75) is 31.3 Å². The van der Waals surface area contributed by atoms with E-state index in [1.54, 1.807) is 0 Å². The fourth-order valence-corrected chi connectivity index (χ4v) is 2.45. The lowest BCUT2D eigenvalue weighted by molar-refractivity contribution is -0.0736. The Labute approximate surface area is 79.3 Å². The summed E-state index contributed by atoms with van der Waals surface area (Å²) in [5.74, 6) is 0.847. The maximum atomic E-state index is 10.4. The third-order valence-electron chi connectivity index (χ3n) is 3.54. The molecular formula is C10H19NO2. The number of hydrogen-bond donors (Lipinski definition) is 2. The lowest BCUT2D eigenvalue weighted by atomic mass is 9.78. The molecule has 0 aromatic rings. The fourth-order valence-electron chi connectivity index (χ4n) is 2.45. The molecule has 1 saturated carbocycles. The highest BCUT2D eigenvalue weighted by Gasteiger charge is 2.48. The van der Waals surface area contributed by atoms with E-state index in [4.69, 9.17) is 10.5 Å². The molecule has 2 rings (SSSR count). The van der Waals surface area contributed by atoms with Crippen LogP contribution in [0.3, 0.4) is 0 Å². The van der Waals surface area contributed by atoms with E-state index in [1.165, 1.54) is 0 Å². The molecule has 1 unspecified atom stereocenters. The molecule has 0 amide bonds. The van der Waals surface area contributed by atoms with Crippen LogP contribution in [-0.4, -0.2) is 30.5 Å². The zero-order chi connectivity index (χ0) is 9.31. The molecule has 76 valence electrons. The molecule has 3 heteroatoms. The van der Waals surface area contributed by atoms with Crippen molar-refractivity contribution in [2.24, 2.45) is 17.6 Å². The van der Waals surface area contributed by atoms with Gasteiger partial charge in [0.15, 0.2) is 0 Å². The number of nitrogens with two attached hydrogens (primary N) is 1. The van der Waals surface area contributed by atoms with Crippen LogP contribution < -0.4 is 5.73 Å². The summed E-state index contributed by atoms with van der Waals surface area (Å²) in [6.45, 7) is 2.00. The van der Waals surface area contributed by atoms with Gasteiger partial charge >= 0.3 is 0 Å². The molecule has 1 aliphatic carbocycles. The quantitative estimate of drug-likeness (QED) is 0.673. The lowest BCUT2D eigenvalue weighted by Gasteiger charge is -2.37. The van der Waals surface area contributed by atoms with Gasteiger partial charge in [0.25, 0.3) is 0 Å². The third kappa shape index (κ3) is 1.73. The van der Waals surface area contributed by atoms with Gasteiger partial charge in [-0.05, 0) is 37.5 Å². The number of rotatable bonds is 3. The molecule has 2 fully saturated rings. The molecule has 1 saturated heterocycles. The second-order valence-electron chi connectivity index (χ2n) is 4.36. The van der Waals surface area contributed by atoms with Crippen molar-refractivity contribution in [3.8, 4) is 0 Å². The van der Waals surface area contributed by atoms with Gasteiger partial charge in [-0.1, -0.05) is 0 Å². The van der Waals surface area contributed by atoms with Gasteiger partial charge in [0.05, 0.1) is 5.60 Å². The summed E-state index contributed by atoms with van der Waals surface area (Å²) in [5, 5.41) is 10.4. The molecule has 0 spiro atoms. The maximum Gasteiger partial charge on any atom is 0.0827 e. The Balaban J connectivity index is 2.00. The summed E-state index contributed by atoms with van der Waals surface area (Å²) in [4.78, 5) is 0. The SMILES string of the molecule is NCC(O)(C1CCOCC1)C1CC1. The first-order valence-corrected chi connectivity index (χ1v) is 5.27. The molecule has 1 aliphatic heterocycles. The largest absolute Gasteiger partial charge is 0.388 e. The predicted molar refractivity (Wildman–Crippen MR) is 50.3 cm³/mol. The molecule has 0 aromatic carbocycles. The summed E-state index contributed by atoms with van der Waals surface area (Å²) >= 11 is 0. The zero-order valence-electron chi connectivity index (χ0n) is 8.04. The smallest absolute Gasteiger partial charge is 0.0827 e. The van der Waals surface area contributed by atoms with E-state index in [-0.39, 0.29) is 0 Å². The molecule has 13 heavy (non-hydrogen) atoms. The first kappa shape index (κ1) is 9.44. The van der Waals surface area contributed by atoms with Crippen LogP contribution in [0.1, 0.15) is 25.7 Å². The van der Waals surface area contributed by atoms with Gasteiger partial charge in [0.2, 0.25) is 0 Å². The van der Waals surface area contributed by atoms with E-state index in [0.717, 1.165) is 38.9 Å². The molecule has 2 aliphatic rings. The van der Waals surface area contributed by atoms with Crippen LogP contribution in [0.25, 0.3) is 0 Å². The Bertz CT molecular complexity index is 176. The Morgan fingerprint density at radius 3 is 2.15 bits per heavy atom. The van der Waals surface area contributed by atoms with Crippen molar-refractivity contribution in [1.82, 2.24) is 0 Å². The molecule has 1 atom stereocenters. The molecule has 0 bridgehead atoms. The van der Waals surface area contributed by atoms with E-state index in [9.17, 15) is 5.11 Å². The van der Waals surface area contributed by atoms with E-state index >= 15 is 0 Å². The summed E-state index contributed by atoms with van der Waals surface area (Å²) in [7, 11) is 0. The van der Waals surface area contributed by atoms with E-state index in [1.807, 2.05) is 0 Å². The summed E-state index contributed by atoms with van der Waals surface area (Å²) < 4.78 is 5.29. The van der Waals surface area contributed by atoms with Crippen molar-refractivity contribution in [3.63, 3.8) is 0 Å². The van der Waals surface area contributed by atoms with Gasteiger partial charge < -0.3 is 15.6 Å². The van der Waals surface area contributed by atoms with Crippen LogP contribution >= 0.6 is 0 Å². The minimum absolute atomic E-state index is 0.374. The van der Waals surface area contributed by atoms with Crippen molar-refractivity contribution in [3.05, 3.63) is 0 Å². The number of aliphatic hydroxyl groups is 1. The van der Waals surface area contributed by atoms with E-state index in [0.29, 0.717) is 18.4 Å². The molecule has 0 aromatic heterocycles. The molecule has 3 nitrogen and oxygen atoms in total. The summed E-state index contributed by atoms with van der Waals surface area (Å²) in [6, 6.07) is 0. The topological polar surface area (TPSA) is 55.5 Å². The first-order valence-electron chi connectivity index (χ1n) is 5.27. The lowest BCUT2D eigenvalue weighted by Crippen LogP contribution is -2.49. The standard InChI is InChI=1S/C10H19NO2/c11-7-10(12,8-1-2-8)9-3-5-13-6-4-9/h8-9,12H,1-7,11H2. The van der Waals surface area contributed by atoms with Crippen LogP contribution in [0, 0.1) is 11.8 Å². The predicted octanol–water partition coefficient (Wildman–Crippen LogP) is 0.513. The Kier molecular flexibility index (Phi) is 2.58. The highest BCUT2D eigenvalue weighted by Crippen LogP contribution is 2.45. The monoisotopic (exact) mass is 185 g/mol. The second-order valence-corrected chi connectivity index (χ2v) is 4.36. The van der Waals surface area contributed by atoms with Gasteiger partial charge in [0, 0.05) is 19.8 Å². The fraction of sp³-hybridized carbons (Fsp3) is 1.00. The number of hydrogen-bond acceptors (Lipinski definition) is 3. The Morgan fingerprint density at radius 1 is 1.15 bits per heavy atom. The maximum absolute atomic E-state index is 10.4. The number of ether oxygens (including phenoxy) is 1. The minimum Gasteiger partial charge on any atom is -0.388 e. The van der Waals surface area contributed by atoms with Gasteiger partial charge in [-0.15, -0.1) is 0 Å². The van der Waals surface area contributed by atoms with E-state index in [2.05, 4.69) is 0 Å². The molecule has 1 heterocycles. The highest BCUT2D eigenvalue weighted by molar-refractivity contribution is 5.00. The average molecular weight is 185 g/mol. The minimum atomic E-state index is -0.580. The van der Waals surface area contributed by atoms with E-state index < -0.39 is 5.60 Å². The highest BCUT2D eigenvalue weighted by atomic mass is 16.5. The van der Waals surface area contributed by atoms with Crippen LogP contribution in [0.2, 0.25) is 0 Å². The van der Waals surface area contributed by atoms with Crippen molar-refractivity contribution < 1.29 is 9.84 Å². The summed E-state index contributed by atoms with van der Waals surface area (Å²) in [6.07, 6.45) is 4.27.